The Balaban J connectivity index is 2.70. The van der Waals surface area contributed by atoms with Crippen LogP contribution in [0.5, 0.6) is 5.88 Å². The van der Waals surface area contributed by atoms with Gasteiger partial charge in [-0.05, 0) is 13.0 Å². The molecule has 0 bridgehead atoms. The molecule has 0 aliphatic rings. The van der Waals surface area contributed by atoms with Crippen LogP contribution in [0.4, 0.5) is 0 Å². The lowest BCUT2D eigenvalue weighted by molar-refractivity contribution is 0.266. The van der Waals surface area contributed by atoms with E-state index in [1.54, 1.807) is 7.11 Å². The van der Waals surface area contributed by atoms with E-state index in [0.717, 1.165) is 11.3 Å². The summed E-state index contributed by atoms with van der Waals surface area (Å²) in [6, 6.07) is 5.15. The van der Waals surface area contributed by atoms with Gasteiger partial charge in [0, 0.05) is 17.8 Å². The van der Waals surface area contributed by atoms with Gasteiger partial charge in [0.2, 0.25) is 5.88 Å². The number of rotatable bonds is 5. The van der Waals surface area contributed by atoms with Gasteiger partial charge in [0.1, 0.15) is 6.04 Å². The smallest absolute Gasteiger partial charge is 0.217 e. The van der Waals surface area contributed by atoms with Gasteiger partial charge in [0.15, 0.2) is 0 Å². The maximum Gasteiger partial charge on any atom is 0.217 e. The molecule has 1 aromatic rings. The third-order valence-electron chi connectivity index (χ3n) is 2.15. The first kappa shape index (κ1) is 12.4. The summed E-state index contributed by atoms with van der Waals surface area (Å²) in [4.78, 5) is 4.21. The molecule has 86 valence electrons. The van der Waals surface area contributed by atoms with Crippen LogP contribution in [0.3, 0.4) is 0 Å². The van der Waals surface area contributed by atoms with Crippen molar-refractivity contribution in [2.24, 2.45) is 0 Å². The predicted molar refractivity (Wildman–Crippen MR) is 58.9 cm³/mol. The molecule has 1 atom stereocenters. The minimum Gasteiger partial charge on any atom is -0.481 e. The second-order valence-corrected chi connectivity index (χ2v) is 3.37. The topological polar surface area (TPSA) is 78.2 Å². The lowest BCUT2D eigenvalue weighted by Gasteiger charge is -2.11. The molecule has 0 radical (unpaired) electrons. The van der Waals surface area contributed by atoms with Gasteiger partial charge in [0.25, 0.3) is 0 Å². The molecule has 0 fully saturated rings. The summed E-state index contributed by atoms with van der Waals surface area (Å²) in [6.07, 6.45) is 0. The second kappa shape index (κ2) is 6.05. The van der Waals surface area contributed by atoms with Gasteiger partial charge in [-0.15, -0.1) is 0 Å². The highest BCUT2D eigenvalue weighted by Crippen LogP contribution is 2.15. The molecule has 0 saturated carbocycles. The van der Waals surface area contributed by atoms with Crippen LogP contribution in [0.15, 0.2) is 12.1 Å². The number of aliphatic hydroxyl groups is 1. The van der Waals surface area contributed by atoms with E-state index >= 15 is 0 Å². The summed E-state index contributed by atoms with van der Waals surface area (Å²) < 4.78 is 5.13. The molecule has 0 aliphatic carbocycles. The Labute approximate surface area is 94.7 Å². The predicted octanol–water partition coefficient (Wildman–Crippen LogP) is 0.373. The van der Waals surface area contributed by atoms with Crippen molar-refractivity contribution in [1.82, 2.24) is 10.3 Å². The van der Waals surface area contributed by atoms with E-state index in [1.165, 1.54) is 0 Å². The molecule has 0 spiro atoms. The minimum atomic E-state index is -0.564. The molecule has 2 N–H and O–H groups in total. The molecule has 1 heterocycles. The zero-order valence-corrected chi connectivity index (χ0v) is 9.40. The van der Waals surface area contributed by atoms with E-state index in [0.29, 0.717) is 12.4 Å². The van der Waals surface area contributed by atoms with Crippen LogP contribution < -0.4 is 10.1 Å². The normalized spacial score (nSPS) is 11.9. The first-order valence-corrected chi connectivity index (χ1v) is 4.95. The summed E-state index contributed by atoms with van der Waals surface area (Å²) in [5.74, 6) is 0.544. The van der Waals surface area contributed by atoms with Crippen molar-refractivity contribution in [3.8, 4) is 11.9 Å². The van der Waals surface area contributed by atoms with Crippen LogP contribution in [0.1, 0.15) is 11.3 Å². The number of ether oxygens (including phenoxy) is 1. The van der Waals surface area contributed by atoms with Crippen LogP contribution in [0.2, 0.25) is 0 Å². The van der Waals surface area contributed by atoms with Crippen molar-refractivity contribution < 1.29 is 9.84 Å². The number of pyridine rings is 1. The first-order valence-electron chi connectivity index (χ1n) is 4.95. The Kier molecular flexibility index (Phi) is 4.70. The van der Waals surface area contributed by atoms with Gasteiger partial charge in [-0.2, -0.15) is 5.26 Å². The number of methoxy groups -OCH3 is 1. The van der Waals surface area contributed by atoms with Crippen molar-refractivity contribution in [2.75, 3.05) is 13.7 Å². The van der Waals surface area contributed by atoms with Gasteiger partial charge in [-0.1, -0.05) is 6.07 Å². The van der Waals surface area contributed by atoms with Crippen LogP contribution in [-0.4, -0.2) is 29.8 Å². The van der Waals surface area contributed by atoms with Crippen LogP contribution >= 0.6 is 0 Å². The molecule has 1 unspecified atom stereocenters. The number of aliphatic hydroxyl groups excluding tert-OH is 1. The van der Waals surface area contributed by atoms with Crippen molar-refractivity contribution in [3.05, 3.63) is 23.4 Å². The Hall–Kier alpha value is -1.64. The molecule has 0 saturated heterocycles. The standard InChI is InChI=1S/C11H15N3O2/c1-8-3-4-9(11(14-8)16-2)6-13-10(5-12)7-15/h3-4,10,13,15H,6-7H2,1-2H3. The van der Waals surface area contributed by atoms with Crippen LogP contribution in [0.25, 0.3) is 0 Å². The van der Waals surface area contributed by atoms with Gasteiger partial charge in [-0.3, -0.25) is 5.32 Å². The monoisotopic (exact) mass is 221 g/mol. The minimum absolute atomic E-state index is 0.210. The van der Waals surface area contributed by atoms with Crippen molar-refractivity contribution in [2.45, 2.75) is 19.5 Å². The quantitative estimate of drug-likeness (QED) is 0.751. The van der Waals surface area contributed by atoms with E-state index in [4.69, 9.17) is 15.1 Å². The zero-order chi connectivity index (χ0) is 12.0. The molecule has 0 aromatic carbocycles. The van der Waals surface area contributed by atoms with Gasteiger partial charge >= 0.3 is 0 Å². The fraction of sp³-hybridized carbons (Fsp3) is 0.455. The molecule has 0 amide bonds. The fourth-order valence-electron chi connectivity index (χ4n) is 1.26. The van der Waals surface area contributed by atoms with Crippen LogP contribution in [-0.2, 0) is 6.54 Å². The third-order valence-corrected chi connectivity index (χ3v) is 2.15. The van der Waals surface area contributed by atoms with E-state index in [-0.39, 0.29) is 6.61 Å². The van der Waals surface area contributed by atoms with Gasteiger partial charge in [-0.25, -0.2) is 4.98 Å². The zero-order valence-electron chi connectivity index (χ0n) is 9.40. The number of aromatic nitrogens is 1. The molecule has 5 nitrogen and oxygen atoms in total. The maximum absolute atomic E-state index is 8.84. The number of nitrogens with one attached hydrogen (secondary N) is 1. The summed E-state index contributed by atoms with van der Waals surface area (Å²) in [5.41, 5.74) is 1.74. The second-order valence-electron chi connectivity index (χ2n) is 3.37. The Morgan fingerprint density at radius 3 is 2.94 bits per heavy atom. The van der Waals surface area contributed by atoms with E-state index in [9.17, 15) is 0 Å². The van der Waals surface area contributed by atoms with Crippen molar-refractivity contribution in [3.63, 3.8) is 0 Å². The largest absolute Gasteiger partial charge is 0.481 e. The highest BCUT2D eigenvalue weighted by molar-refractivity contribution is 5.28. The van der Waals surface area contributed by atoms with Crippen molar-refractivity contribution >= 4 is 0 Å². The fourth-order valence-corrected chi connectivity index (χ4v) is 1.26. The Morgan fingerprint density at radius 2 is 2.38 bits per heavy atom. The number of hydrogen-bond acceptors (Lipinski definition) is 5. The highest BCUT2D eigenvalue weighted by atomic mass is 16.5. The van der Waals surface area contributed by atoms with Crippen molar-refractivity contribution in [1.29, 1.82) is 5.26 Å². The number of nitriles is 1. The summed E-state index contributed by atoms with van der Waals surface area (Å²) in [7, 11) is 1.55. The SMILES string of the molecule is COc1nc(C)ccc1CNC(C#N)CO. The van der Waals surface area contributed by atoms with Gasteiger partial charge < -0.3 is 9.84 Å². The first-order chi connectivity index (χ1) is 7.71. The summed E-state index contributed by atoms with van der Waals surface area (Å²) in [5, 5.41) is 20.4. The average molecular weight is 221 g/mol. The molecular weight excluding hydrogens is 206 g/mol. The maximum atomic E-state index is 8.84. The van der Waals surface area contributed by atoms with E-state index in [1.807, 2.05) is 25.1 Å². The number of aryl methyl sites for hydroxylation is 1. The lowest BCUT2D eigenvalue weighted by atomic mass is 10.2. The average Bonchev–Trinajstić information content (AvgIpc) is 2.31. The summed E-state index contributed by atoms with van der Waals surface area (Å²) >= 11 is 0. The molecule has 1 rings (SSSR count). The highest BCUT2D eigenvalue weighted by Gasteiger charge is 2.08. The Bertz CT molecular complexity index is 387. The molecule has 5 heteroatoms. The van der Waals surface area contributed by atoms with E-state index in [2.05, 4.69) is 10.3 Å². The molecular formula is C11H15N3O2. The Morgan fingerprint density at radius 1 is 1.62 bits per heavy atom. The lowest BCUT2D eigenvalue weighted by Crippen LogP contribution is -2.30. The number of hydrogen-bond donors (Lipinski definition) is 2. The number of nitrogens with zero attached hydrogens (tertiary/aromatic N) is 2. The molecule has 0 aliphatic heterocycles. The van der Waals surface area contributed by atoms with Crippen LogP contribution in [0, 0.1) is 18.3 Å². The van der Waals surface area contributed by atoms with Gasteiger partial charge in [0.05, 0.1) is 19.8 Å². The van der Waals surface area contributed by atoms with E-state index < -0.39 is 6.04 Å². The molecule has 1 aromatic heterocycles. The molecule has 16 heavy (non-hydrogen) atoms. The third kappa shape index (κ3) is 3.19. The summed E-state index contributed by atoms with van der Waals surface area (Å²) in [6.45, 7) is 2.11.